The molecule has 4 heteroatoms. The highest BCUT2D eigenvalue weighted by Gasteiger charge is 2.09. The van der Waals surface area contributed by atoms with Crippen LogP contribution in [0.25, 0.3) is 0 Å². The van der Waals surface area contributed by atoms with Gasteiger partial charge in [-0.3, -0.25) is 0 Å². The maximum absolute atomic E-state index is 10.9. The third-order valence-electron chi connectivity index (χ3n) is 2.83. The first-order valence-corrected chi connectivity index (χ1v) is 7.14. The third-order valence-corrected chi connectivity index (χ3v) is 4.18. The number of rotatable bonds is 4. The number of carbonyl (C=O) groups is 1. The van der Waals surface area contributed by atoms with Crippen LogP contribution < -0.4 is 0 Å². The Labute approximate surface area is 121 Å². The average Bonchev–Trinajstić information content (AvgIpc) is 2.37. The third kappa shape index (κ3) is 3.52. The van der Waals surface area contributed by atoms with Gasteiger partial charge in [0, 0.05) is 10.6 Å². The molecule has 2 aromatic rings. The van der Waals surface area contributed by atoms with Gasteiger partial charge in [-0.15, -0.1) is 11.8 Å². The highest BCUT2D eigenvalue weighted by molar-refractivity contribution is 7.98. The molecule has 0 heterocycles. The van der Waals surface area contributed by atoms with E-state index in [-0.39, 0.29) is 10.6 Å². The summed E-state index contributed by atoms with van der Waals surface area (Å²) in [6.07, 6.45) is 0. The lowest BCUT2D eigenvalue weighted by Gasteiger charge is -2.06. The fraction of sp³-hybridized carbons (Fsp3) is 0.133. The number of benzene rings is 2. The van der Waals surface area contributed by atoms with E-state index in [0.717, 1.165) is 10.6 Å². The van der Waals surface area contributed by atoms with Crippen molar-refractivity contribution >= 4 is 29.3 Å². The summed E-state index contributed by atoms with van der Waals surface area (Å²) in [5.41, 5.74) is 2.66. The fourth-order valence-electron chi connectivity index (χ4n) is 1.69. The minimum Gasteiger partial charge on any atom is -0.478 e. The molecule has 1 N–H and O–H groups in total. The van der Waals surface area contributed by atoms with Crippen LogP contribution in [0.4, 0.5) is 0 Å². The molecule has 0 spiro atoms. The molecule has 0 radical (unpaired) electrons. The van der Waals surface area contributed by atoms with Gasteiger partial charge in [-0.2, -0.15) is 0 Å². The molecular weight excluding hydrogens is 280 g/mol. The molecular formula is C15H13ClO2S. The Morgan fingerprint density at radius 3 is 2.63 bits per heavy atom. The molecule has 0 saturated heterocycles. The number of halogens is 1. The minimum absolute atomic E-state index is 0.141. The number of thioether (sulfide) groups is 1. The van der Waals surface area contributed by atoms with Gasteiger partial charge in [0.15, 0.2) is 0 Å². The number of carboxylic acid groups (broad SMARTS) is 1. The van der Waals surface area contributed by atoms with E-state index in [2.05, 4.69) is 19.1 Å². The first-order valence-electron chi connectivity index (χ1n) is 5.78. The Balaban J connectivity index is 2.11. The van der Waals surface area contributed by atoms with Crippen molar-refractivity contribution in [2.75, 3.05) is 0 Å². The van der Waals surface area contributed by atoms with E-state index in [1.165, 1.54) is 11.1 Å². The quantitative estimate of drug-likeness (QED) is 0.834. The summed E-state index contributed by atoms with van der Waals surface area (Å²) in [5.74, 6) is -0.157. The van der Waals surface area contributed by atoms with Crippen molar-refractivity contribution in [1.29, 1.82) is 0 Å². The van der Waals surface area contributed by atoms with Crippen LogP contribution >= 0.6 is 23.4 Å². The zero-order chi connectivity index (χ0) is 13.8. The summed E-state index contributed by atoms with van der Waals surface area (Å²) in [4.78, 5) is 11.8. The van der Waals surface area contributed by atoms with Crippen molar-refractivity contribution in [2.24, 2.45) is 0 Å². The lowest BCUT2D eigenvalue weighted by atomic mass is 10.1. The molecule has 0 saturated carbocycles. The minimum atomic E-state index is -1.000. The molecule has 0 aliphatic rings. The lowest BCUT2D eigenvalue weighted by molar-refractivity contribution is 0.0697. The van der Waals surface area contributed by atoms with Crippen LogP contribution in [-0.4, -0.2) is 11.1 Å². The normalized spacial score (nSPS) is 10.4. The van der Waals surface area contributed by atoms with Crippen LogP contribution in [0.3, 0.4) is 0 Å². The van der Waals surface area contributed by atoms with E-state index in [1.54, 1.807) is 30.0 Å². The summed E-state index contributed by atoms with van der Waals surface area (Å²) in [7, 11) is 0. The first kappa shape index (κ1) is 14.0. The van der Waals surface area contributed by atoms with Crippen molar-refractivity contribution in [3.05, 3.63) is 64.2 Å². The second kappa shape index (κ2) is 6.13. The van der Waals surface area contributed by atoms with Crippen LogP contribution in [0, 0.1) is 6.92 Å². The summed E-state index contributed by atoms with van der Waals surface area (Å²) >= 11 is 7.59. The van der Waals surface area contributed by atoms with Gasteiger partial charge < -0.3 is 5.11 Å². The second-order valence-electron chi connectivity index (χ2n) is 4.16. The van der Waals surface area contributed by atoms with Gasteiger partial charge in [0.2, 0.25) is 0 Å². The molecule has 0 aliphatic carbocycles. The molecule has 2 aromatic carbocycles. The number of hydrogen-bond donors (Lipinski definition) is 1. The van der Waals surface area contributed by atoms with Crippen LogP contribution in [0.1, 0.15) is 21.5 Å². The van der Waals surface area contributed by atoms with Crippen molar-refractivity contribution < 1.29 is 9.90 Å². The van der Waals surface area contributed by atoms with Crippen LogP contribution in [0.15, 0.2) is 47.4 Å². The van der Waals surface area contributed by atoms with Crippen LogP contribution in [0.2, 0.25) is 5.02 Å². The van der Waals surface area contributed by atoms with E-state index in [0.29, 0.717) is 0 Å². The van der Waals surface area contributed by atoms with Gasteiger partial charge >= 0.3 is 5.97 Å². The van der Waals surface area contributed by atoms with E-state index < -0.39 is 5.97 Å². The van der Waals surface area contributed by atoms with E-state index >= 15 is 0 Å². The molecule has 0 aromatic heterocycles. The molecule has 0 unspecified atom stereocenters. The van der Waals surface area contributed by atoms with Crippen LogP contribution in [0.5, 0.6) is 0 Å². The van der Waals surface area contributed by atoms with Gasteiger partial charge in [0.05, 0.1) is 10.6 Å². The highest BCUT2D eigenvalue weighted by atomic mass is 35.5. The van der Waals surface area contributed by atoms with E-state index in [4.69, 9.17) is 16.7 Å². The molecule has 2 rings (SSSR count). The Hall–Kier alpha value is -1.45. The Bertz CT molecular complexity index is 611. The Kier molecular flexibility index (Phi) is 4.51. The number of hydrogen-bond acceptors (Lipinski definition) is 2. The monoisotopic (exact) mass is 292 g/mol. The van der Waals surface area contributed by atoms with Crippen molar-refractivity contribution in [3.8, 4) is 0 Å². The fourth-order valence-corrected chi connectivity index (χ4v) is 3.03. The number of aromatic carboxylic acids is 1. The van der Waals surface area contributed by atoms with E-state index in [1.807, 2.05) is 12.1 Å². The topological polar surface area (TPSA) is 37.3 Å². The predicted octanol–water partition coefficient (Wildman–Crippen LogP) is 4.64. The lowest BCUT2D eigenvalue weighted by Crippen LogP contribution is -1.96. The maximum atomic E-state index is 10.9. The van der Waals surface area contributed by atoms with Crippen LogP contribution in [-0.2, 0) is 5.75 Å². The van der Waals surface area contributed by atoms with Crippen molar-refractivity contribution in [1.82, 2.24) is 0 Å². The number of carboxylic acids is 1. The van der Waals surface area contributed by atoms with E-state index in [9.17, 15) is 4.79 Å². The van der Waals surface area contributed by atoms with Crippen molar-refractivity contribution in [2.45, 2.75) is 17.6 Å². The van der Waals surface area contributed by atoms with Crippen molar-refractivity contribution in [3.63, 3.8) is 0 Å². The Morgan fingerprint density at radius 2 is 2.00 bits per heavy atom. The predicted molar refractivity (Wildman–Crippen MR) is 79.2 cm³/mol. The largest absolute Gasteiger partial charge is 0.478 e. The smallest absolute Gasteiger partial charge is 0.337 e. The molecule has 0 amide bonds. The van der Waals surface area contributed by atoms with Gasteiger partial charge in [0.1, 0.15) is 0 Å². The summed E-state index contributed by atoms with van der Waals surface area (Å²) in [5, 5.41) is 9.19. The average molecular weight is 293 g/mol. The summed E-state index contributed by atoms with van der Waals surface area (Å²) < 4.78 is 0. The highest BCUT2D eigenvalue weighted by Crippen LogP contribution is 2.28. The molecule has 98 valence electrons. The molecule has 2 nitrogen and oxygen atoms in total. The SMILES string of the molecule is Cc1ccccc1CSc1ccc(C(=O)O)c(Cl)c1. The molecule has 0 bridgehead atoms. The zero-order valence-electron chi connectivity index (χ0n) is 10.4. The summed E-state index contributed by atoms with van der Waals surface area (Å²) in [6.45, 7) is 2.08. The standard InChI is InChI=1S/C15H13ClO2S/c1-10-4-2-3-5-11(10)9-19-12-6-7-13(15(17)18)14(16)8-12/h2-8H,9H2,1H3,(H,17,18). The second-order valence-corrected chi connectivity index (χ2v) is 5.62. The molecule has 0 aliphatic heterocycles. The molecule has 19 heavy (non-hydrogen) atoms. The van der Waals surface area contributed by atoms with Gasteiger partial charge in [-0.05, 0) is 36.2 Å². The maximum Gasteiger partial charge on any atom is 0.337 e. The molecule has 0 atom stereocenters. The first-order chi connectivity index (χ1) is 9.08. The van der Waals surface area contributed by atoms with Gasteiger partial charge in [-0.1, -0.05) is 35.9 Å². The van der Waals surface area contributed by atoms with Gasteiger partial charge in [-0.25, -0.2) is 4.79 Å². The Morgan fingerprint density at radius 1 is 1.26 bits per heavy atom. The number of aryl methyl sites for hydroxylation is 1. The summed E-state index contributed by atoms with van der Waals surface area (Å²) in [6, 6.07) is 13.2. The zero-order valence-corrected chi connectivity index (χ0v) is 12.0. The van der Waals surface area contributed by atoms with Gasteiger partial charge in [0.25, 0.3) is 0 Å². The molecule has 0 fully saturated rings.